The van der Waals surface area contributed by atoms with Gasteiger partial charge in [0.2, 0.25) is 0 Å². The SMILES string of the molecule is O=S(=O)(F)CCc1cnc(Cl)s1. The second-order valence-corrected chi connectivity index (χ2v) is 5.26. The number of halogens is 2. The van der Waals surface area contributed by atoms with E-state index in [0.29, 0.717) is 9.34 Å². The first kappa shape index (κ1) is 9.88. The van der Waals surface area contributed by atoms with Crippen LogP contribution in [0.5, 0.6) is 0 Å². The molecule has 12 heavy (non-hydrogen) atoms. The summed E-state index contributed by atoms with van der Waals surface area (Å²) in [5.41, 5.74) is 0. The zero-order valence-electron chi connectivity index (χ0n) is 5.83. The summed E-state index contributed by atoms with van der Waals surface area (Å²) in [4.78, 5) is 4.35. The van der Waals surface area contributed by atoms with Gasteiger partial charge in [-0.15, -0.1) is 15.2 Å². The van der Waals surface area contributed by atoms with Gasteiger partial charge in [0.25, 0.3) is 0 Å². The largest absolute Gasteiger partial charge is 0.302 e. The monoisotopic (exact) mass is 229 g/mol. The third-order valence-electron chi connectivity index (χ3n) is 1.12. The fraction of sp³-hybridized carbons (Fsp3) is 0.400. The molecule has 0 unspecified atom stereocenters. The Morgan fingerprint density at radius 3 is 2.75 bits per heavy atom. The van der Waals surface area contributed by atoms with Gasteiger partial charge in [-0.05, 0) is 6.42 Å². The van der Waals surface area contributed by atoms with Crippen molar-refractivity contribution < 1.29 is 12.3 Å². The normalized spacial score (nSPS) is 11.8. The van der Waals surface area contributed by atoms with Gasteiger partial charge in [-0.1, -0.05) is 11.6 Å². The standard InChI is InChI=1S/C5H5ClFNO2S2/c6-5-8-3-4(11-5)1-2-12(7,9)10/h3H,1-2H2. The van der Waals surface area contributed by atoms with Gasteiger partial charge in [-0.25, -0.2) is 4.98 Å². The van der Waals surface area contributed by atoms with E-state index in [9.17, 15) is 12.3 Å². The Hall–Kier alpha value is -0.200. The summed E-state index contributed by atoms with van der Waals surface area (Å²) in [6, 6.07) is 0. The number of nitrogens with zero attached hydrogens (tertiary/aromatic N) is 1. The van der Waals surface area contributed by atoms with Crippen LogP contribution in [0.2, 0.25) is 4.47 Å². The van der Waals surface area contributed by atoms with E-state index in [1.165, 1.54) is 6.20 Å². The van der Waals surface area contributed by atoms with Crippen molar-refractivity contribution >= 4 is 33.2 Å². The summed E-state index contributed by atoms with van der Waals surface area (Å²) in [6.45, 7) is 0. The van der Waals surface area contributed by atoms with Crippen molar-refractivity contribution in [2.45, 2.75) is 6.42 Å². The van der Waals surface area contributed by atoms with Crippen LogP contribution in [0.1, 0.15) is 4.88 Å². The lowest BCUT2D eigenvalue weighted by molar-refractivity contribution is 0.551. The molecule has 0 aliphatic heterocycles. The highest BCUT2D eigenvalue weighted by Gasteiger charge is 2.08. The molecule has 0 spiro atoms. The Balaban J connectivity index is 2.55. The molecule has 1 rings (SSSR count). The van der Waals surface area contributed by atoms with E-state index >= 15 is 0 Å². The predicted molar refractivity (Wildman–Crippen MR) is 45.7 cm³/mol. The fourth-order valence-corrected chi connectivity index (χ4v) is 2.19. The maximum absolute atomic E-state index is 12.0. The summed E-state index contributed by atoms with van der Waals surface area (Å²) in [5.74, 6) is -0.508. The first-order valence-corrected chi connectivity index (χ1v) is 5.74. The zero-order chi connectivity index (χ0) is 9.19. The highest BCUT2D eigenvalue weighted by Crippen LogP contribution is 2.18. The second kappa shape index (κ2) is 3.68. The molecule has 0 fully saturated rings. The maximum Gasteiger partial charge on any atom is 0.302 e. The number of aryl methyl sites for hydroxylation is 1. The van der Waals surface area contributed by atoms with Gasteiger partial charge < -0.3 is 0 Å². The minimum atomic E-state index is -4.38. The van der Waals surface area contributed by atoms with Crippen molar-refractivity contribution in [1.29, 1.82) is 0 Å². The Labute approximate surface area is 78.4 Å². The van der Waals surface area contributed by atoms with Crippen LogP contribution in [0.3, 0.4) is 0 Å². The van der Waals surface area contributed by atoms with Crippen LogP contribution in [0, 0.1) is 0 Å². The van der Waals surface area contributed by atoms with Crippen molar-refractivity contribution in [3.63, 3.8) is 0 Å². The first-order chi connectivity index (χ1) is 5.47. The van der Waals surface area contributed by atoms with Gasteiger partial charge in [-0.2, -0.15) is 8.42 Å². The molecule has 0 atom stereocenters. The molecule has 7 heteroatoms. The molecule has 0 bridgehead atoms. The van der Waals surface area contributed by atoms with Crippen LogP contribution in [0.4, 0.5) is 3.89 Å². The lowest BCUT2D eigenvalue weighted by Gasteiger charge is -1.90. The predicted octanol–water partition coefficient (Wildman–Crippen LogP) is 1.64. The van der Waals surface area contributed by atoms with Crippen molar-refractivity contribution in [3.8, 4) is 0 Å². The topological polar surface area (TPSA) is 47.0 Å². The van der Waals surface area contributed by atoms with E-state index in [1.807, 2.05) is 0 Å². The molecule has 0 saturated heterocycles. The van der Waals surface area contributed by atoms with Gasteiger partial charge in [0.05, 0.1) is 5.75 Å². The summed E-state index contributed by atoms with van der Waals surface area (Å²) < 4.78 is 32.5. The van der Waals surface area contributed by atoms with Crippen LogP contribution in [0.25, 0.3) is 0 Å². The van der Waals surface area contributed by atoms with Gasteiger partial charge in [0.1, 0.15) is 0 Å². The smallest absolute Gasteiger partial charge is 0.233 e. The number of aromatic nitrogens is 1. The zero-order valence-corrected chi connectivity index (χ0v) is 8.22. The molecule has 0 aliphatic carbocycles. The Kier molecular flexibility index (Phi) is 3.03. The van der Waals surface area contributed by atoms with Gasteiger partial charge in [0, 0.05) is 11.1 Å². The van der Waals surface area contributed by atoms with E-state index in [-0.39, 0.29) is 6.42 Å². The number of hydrogen-bond donors (Lipinski definition) is 0. The number of hydrogen-bond acceptors (Lipinski definition) is 4. The van der Waals surface area contributed by atoms with E-state index in [4.69, 9.17) is 11.6 Å². The minimum Gasteiger partial charge on any atom is -0.233 e. The highest BCUT2D eigenvalue weighted by molar-refractivity contribution is 7.86. The van der Waals surface area contributed by atoms with E-state index in [1.54, 1.807) is 0 Å². The molecule has 1 heterocycles. The van der Waals surface area contributed by atoms with Crippen LogP contribution in [-0.4, -0.2) is 19.2 Å². The molecular formula is C5H5ClFNO2S2. The quantitative estimate of drug-likeness (QED) is 0.741. The number of thiazole rings is 1. The Morgan fingerprint density at radius 2 is 2.33 bits per heavy atom. The summed E-state index contributed by atoms with van der Waals surface area (Å²) >= 11 is 6.63. The molecule has 0 aliphatic rings. The molecule has 1 aromatic rings. The summed E-state index contributed by atoms with van der Waals surface area (Å²) in [6.07, 6.45) is 1.57. The van der Waals surface area contributed by atoms with E-state index in [2.05, 4.69) is 4.98 Å². The van der Waals surface area contributed by atoms with Crippen LogP contribution < -0.4 is 0 Å². The van der Waals surface area contributed by atoms with Crippen molar-refractivity contribution in [2.24, 2.45) is 0 Å². The van der Waals surface area contributed by atoms with E-state index < -0.39 is 16.0 Å². The van der Waals surface area contributed by atoms with Crippen LogP contribution >= 0.6 is 22.9 Å². The van der Waals surface area contributed by atoms with Crippen molar-refractivity contribution in [2.75, 3.05) is 5.75 Å². The molecule has 68 valence electrons. The Bertz CT molecular complexity index is 361. The lowest BCUT2D eigenvalue weighted by atomic mass is 10.4. The Morgan fingerprint density at radius 1 is 1.67 bits per heavy atom. The third kappa shape index (κ3) is 3.46. The summed E-state index contributed by atoms with van der Waals surface area (Å²) in [5, 5.41) is 0. The molecule has 0 N–H and O–H groups in total. The third-order valence-corrected chi connectivity index (χ3v) is 2.98. The maximum atomic E-state index is 12.0. The molecule has 3 nitrogen and oxygen atoms in total. The van der Waals surface area contributed by atoms with Crippen molar-refractivity contribution in [1.82, 2.24) is 4.98 Å². The molecule has 0 aromatic carbocycles. The molecule has 1 aromatic heterocycles. The van der Waals surface area contributed by atoms with Crippen LogP contribution in [-0.2, 0) is 16.6 Å². The van der Waals surface area contributed by atoms with Gasteiger partial charge in [0.15, 0.2) is 4.47 Å². The average Bonchev–Trinajstić information content (AvgIpc) is 2.30. The summed E-state index contributed by atoms with van der Waals surface area (Å²) in [7, 11) is -4.38. The minimum absolute atomic E-state index is 0.128. The molecule has 0 amide bonds. The lowest BCUT2D eigenvalue weighted by Crippen LogP contribution is -2.00. The second-order valence-electron chi connectivity index (χ2n) is 2.07. The molecule has 0 saturated carbocycles. The molecular weight excluding hydrogens is 225 g/mol. The highest BCUT2D eigenvalue weighted by atomic mass is 35.5. The average molecular weight is 230 g/mol. The first-order valence-electron chi connectivity index (χ1n) is 3.00. The van der Waals surface area contributed by atoms with Crippen LogP contribution in [0.15, 0.2) is 6.20 Å². The molecule has 0 radical (unpaired) electrons. The fourth-order valence-electron chi connectivity index (χ4n) is 0.622. The van der Waals surface area contributed by atoms with Gasteiger partial charge >= 0.3 is 10.2 Å². The van der Waals surface area contributed by atoms with Crippen molar-refractivity contribution in [3.05, 3.63) is 15.5 Å². The van der Waals surface area contributed by atoms with E-state index in [0.717, 1.165) is 11.3 Å². The number of rotatable bonds is 3. The van der Waals surface area contributed by atoms with Gasteiger partial charge in [-0.3, -0.25) is 0 Å².